The summed E-state index contributed by atoms with van der Waals surface area (Å²) in [6.45, 7) is 0. The van der Waals surface area contributed by atoms with E-state index in [1.165, 1.54) is 0 Å². The van der Waals surface area contributed by atoms with Crippen molar-refractivity contribution in [1.82, 2.24) is 4.72 Å². The second-order valence-electron chi connectivity index (χ2n) is 1.70. The summed E-state index contributed by atoms with van der Waals surface area (Å²) < 4.78 is 13.3. The molecule has 1 aliphatic carbocycles. The van der Waals surface area contributed by atoms with Crippen LogP contribution < -0.4 is 4.72 Å². The van der Waals surface area contributed by atoms with Gasteiger partial charge in [0.25, 0.3) is 0 Å². The van der Waals surface area contributed by atoms with E-state index in [0.29, 0.717) is 5.25 Å². The molecular formula is C4H9NOS. The Morgan fingerprint density at radius 1 is 1.71 bits per heavy atom. The van der Waals surface area contributed by atoms with E-state index >= 15 is 0 Å². The van der Waals surface area contributed by atoms with Gasteiger partial charge in [-0.2, -0.15) is 0 Å². The molecule has 0 aromatic rings. The molecule has 0 aliphatic heterocycles. The van der Waals surface area contributed by atoms with E-state index in [-0.39, 0.29) is 0 Å². The zero-order chi connectivity index (χ0) is 5.28. The van der Waals surface area contributed by atoms with E-state index in [1.54, 1.807) is 7.05 Å². The maximum Gasteiger partial charge on any atom is 0.0944 e. The summed E-state index contributed by atoms with van der Waals surface area (Å²) in [6, 6.07) is 0. The molecule has 1 N–H and O–H groups in total. The van der Waals surface area contributed by atoms with Gasteiger partial charge >= 0.3 is 0 Å². The lowest BCUT2D eigenvalue weighted by molar-refractivity contribution is 0.677. The SMILES string of the molecule is CNS(=O)C1CC1. The normalized spacial score (nSPS) is 24.7. The van der Waals surface area contributed by atoms with Gasteiger partial charge in [0.05, 0.1) is 11.0 Å². The highest BCUT2D eigenvalue weighted by atomic mass is 32.2. The van der Waals surface area contributed by atoms with E-state index in [1.807, 2.05) is 0 Å². The molecule has 0 bridgehead atoms. The van der Waals surface area contributed by atoms with Crippen molar-refractivity contribution < 1.29 is 4.21 Å². The van der Waals surface area contributed by atoms with Crippen molar-refractivity contribution in [1.29, 1.82) is 0 Å². The van der Waals surface area contributed by atoms with Crippen LogP contribution >= 0.6 is 0 Å². The fraction of sp³-hybridized carbons (Fsp3) is 1.00. The zero-order valence-electron chi connectivity index (χ0n) is 4.31. The average Bonchev–Trinajstić information content (AvgIpc) is 2.44. The second kappa shape index (κ2) is 1.92. The fourth-order valence-electron chi connectivity index (χ4n) is 0.449. The van der Waals surface area contributed by atoms with Crippen LogP contribution in [0, 0.1) is 0 Å². The molecule has 0 spiro atoms. The molecule has 7 heavy (non-hydrogen) atoms. The second-order valence-corrected chi connectivity index (χ2v) is 3.37. The molecule has 0 radical (unpaired) electrons. The maximum absolute atomic E-state index is 10.6. The van der Waals surface area contributed by atoms with Crippen molar-refractivity contribution in [2.45, 2.75) is 18.1 Å². The van der Waals surface area contributed by atoms with Crippen LogP contribution in [0.5, 0.6) is 0 Å². The van der Waals surface area contributed by atoms with Crippen LogP contribution in [0.25, 0.3) is 0 Å². The van der Waals surface area contributed by atoms with Crippen LogP contribution in [0.15, 0.2) is 0 Å². The molecule has 3 heteroatoms. The predicted molar refractivity (Wildman–Crippen MR) is 30.2 cm³/mol. The van der Waals surface area contributed by atoms with E-state index in [2.05, 4.69) is 4.72 Å². The fourth-order valence-corrected chi connectivity index (χ4v) is 1.35. The highest BCUT2D eigenvalue weighted by Gasteiger charge is 2.26. The van der Waals surface area contributed by atoms with E-state index < -0.39 is 11.0 Å². The van der Waals surface area contributed by atoms with Crippen LogP contribution in [0.3, 0.4) is 0 Å². The Labute approximate surface area is 45.9 Å². The molecule has 0 amide bonds. The third-order valence-electron chi connectivity index (χ3n) is 1.03. The number of nitrogens with one attached hydrogen (secondary N) is 1. The lowest BCUT2D eigenvalue weighted by Gasteiger charge is -1.90. The van der Waals surface area contributed by atoms with Crippen molar-refractivity contribution in [2.24, 2.45) is 0 Å². The lowest BCUT2D eigenvalue weighted by Crippen LogP contribution is -2.14. The van der Waals surface area contributed by atoms with Crippen LogP contribution in [0.2, 0.25) is 0 Å². The monoisotopic (exact) mass is 119 g/mol. The summed E-state index contributed by atoms with van der Waals surface area (Å²) in [7, 11) is 1.01. The van der Waals surface area contributed by atoms with Crippen LogP contribution in [-0.2, 0) is 11.0 Å². The highest BCUT2D eigenvalue weighted by Crippen LogP contribution is 2.24. The third kappa shape index (κ3) is 1.24. The zero-order valence-corrected chi connectivity index (χ0v) is 5.12. The summed E-state index contributed by atoms with van der Waals surface area (Å²) in [4.78, 5) is 0. The van der Waals surface area contributed by atoms with Gasteiger partial charge in [-0.3, -0.25) is 0 Å². The van der Waals surface area contributed by atoms with Gasteiger partial charge in [-0.05, 0) is 19.9 Å². The minimum atomic E-state index is -0.718. The minimum absolute atomic E-state index is 0.477. The van der Waals surface area contributed by atoms with Crippen molar-refractivity contribution in [2.75, 3.05) is 7.05 Å². The molecule has 0 saturated heterocycles. The minimum Gasteiger partial charge on any atom is -0.243 e. The Balaban J connectivity index is 2.24. The van der Waals surface area contributed by atoms with Crippen LogP contribution in [0.1, 0.15) is 12.8 Å². The van der Waals surface area contributed by atoms with Gasteiger partial charge in [0.2, 0.25) is 0 Å². The molecule has 1 rings (SSSR count). The molecule has 2 nitrogen and oxygen atoms in total. The first kappa shape index (κ1) is 5.25. The van der Waals surface area contributed by atoms with Gasteiger partial charge in [0.1, 0.15) is 0 Å². The molecule has 1 aliphatic rings. The summed E-state index contributed by atoms with van der Waals surface area (Å²) >= 11 is 0. The van der Waals surface area contributed by atoms with Crippen LogP contribution in [0.4, 0.5) is 0 Å². The molecular weight excluding hydrogens is 110 g/mol. The van der Waals surface area contributed by atoms with Crippen LogP contribution in [-0.4, -0.2) is 16.5 Å². The van der Waals surface area contributed by atoms with Gasteiger partial charge in [-0.25, -0.2) is 8.93 Å². The molecule has 0 heterocycles. The molecule has 1 unspecified atom stereocenters. The number of hydrogen-bond donors (Lipinski definition) is 1. The molecule has 42 valence electrons. The van der Waals surface area contributed by atoms with Crippen molar-refractivity contribution in [3.8, 4) is 0 Å². The van der Waals surface area contributed by atoms with Gasteiger partial charge < -0.3 is 0 Å². The first-order valence-corrected chi connectivity index (χ1v) is 3.64. The molecule has 1 saturated carbocycles. The standard InChI is InChI=1S/C4H9NOS/c1-5-7(6)4-2-3-4/h4-5H,2-3H2,1H3. The summed E-state index contributed by atoms with van der Waals surface area (Å²) in [5.41, 5.74) is 0. The summed E-state index contributed by atoms with van der Waals surface area (Å²) in [5, 5.41) is 0.477. The van der Waals surface area contributed by atoms with Gasteiger partial charge in [0, 0.05) is 5.25 Å². The first-order chi connectivity index (χ1) is 3.34. The Kier molecular flexibility index (Phi) is 1.44. The first-order valence-electron chi connectivity index (χ1n) is 2.42. The van der Waals surface area contributed by atoms with Gasteiger partial charge in [0.15, 0.2) is 0 Å². The van der Waals surface area contributed by atoms with E-state index in [9.17, 15) is 4.21 Å². The number of hydrogen-bond acceptors (Lipinski definition) is 1. The number of rotatable bonds is 2. The smallest absolute Gasteiger partial charge is 0.0944 e. The Morgan fingerprint density at radius 3 is 2.43 bits per heavy atom. The van der Waals surface area contributed by atoms with Gasteiger partial charge in [-0.1, -0.05) is 0 Å². The topological polar surface area (TPSA) is 29.1 Å². The third-order valence-corrected chi connectivity index (χ3v) is 2.51. The van der Waals surface area contributed by atoms with E-state index in [4.69, 9.17) is 0 Å². The van der Waals surface area contributed by atoms with Crippen molar-refractivity contribution in [3.05, 3.63) is 0 Å². The predicted octanol–water partition coefficient (Wildman–Crippen LogP) is 0.0319. The summed E-state index contributed by atoms with van der Waals surface area (Å²) in [6.07, 6.45) is 2.29. The quantitative estimate of drug-likeness (QED) is 0.546. The molecule has 0 aromatic carbocycles. The Hall–Kier alpha value is 0.110. The van der Waals surface area contributed by atoms with E-state index in [0.717, 1.165) is 12.8 Å². The van der Waals surface area contributed by atoms with Gasteiger partial charge in [-0.15, -0.1) is 0 Å². The summed E-state index contributed by atoms with van der Waals surface area (Å²) in [5.74, 6) is 0. The van der Waals surface area contributed by atoms with Crippen molar-refractivity contribution >= 4 is 11.0 Å². The van der Waals surface area contributed by atoms with Crippen molar-refractivity contribution in [3.63, 3.8) is 0 Å². The highest BCUT2D eigenvalue weighted by molar-refractivity contribution is 7.83. The average molecular weight is 119 g/mol. The molecule has 1 fully saturated rings. The largest absolute Gasteiger partial charge is 0.243 e. The Morgan fingerprint density at radius 2 is 2.29 bits per heavy atom. The molecule has 1 atom stereocenters. The maximum atomic E-state index is 10.6. The Bertz CT molecular complexity index is 89.7. The lowest BCUT2D eigenvalue weighted by atomic mass is 11.0. The molecule has 0 aromatic heterocycles.